The van der Waals surface area contributed by atoms with E-state index in [9.17, 15) is 0 Å². The number of aliphatic hydroxyl groups excluding tert-OH is 3. The van der Waals surface area contributed by atoms with Gasteiger partial charge in [0.2, 0.25) is 0 Å². The molecule has 0 heterocycles. The SMILES string of the molecule is CCCCCCCCCCCCCCCCCCCl.OCCN(CCO)CCO. The molecule has 178 valence electrons. The fraction of sp³-hybridized carbons (Fsp3) is 1.00. The van der Waals surface area contributed by atoms with Gasteiger partial charge in [0.15, 0.2) is 0 Å². The fourth-order valence-electron chi connectivity index (χ4n) is 3.40. The lowest BCUT2D eigenvalue weighted by Crippen LogP contribution is -2.32. The Morgan fingerprint density at radius 1 is 0.483 bits per heavy atom. The van der Waals surface area contributed by atoms with E-state index >= 15 is 0 Å². The summed E-state index contributed by atoms with van der Waals surface area (Å²) >= 11 is 5.66. The summed E-state index contributed by atoms with van der Waals surface area (Å²) < 4.78 is 0. The summed E-state index contributed by atoms with van der Waals surface area (Å²) in [6.07, 6.45) is 22.8. The Balaban J connectivity index is 0. The van der Waals surface area contributed by atoms with Crippen molar-refractivity contribution in [1.29, 1.82) is 0 Å². The van der Waals surface area contributed by atoms with Crippen molar-refractivity contribution in [3.8, 4) is 0 Å². The molecule has 0 aliphatic carbocycles. The van der Waals surface area contributed by atoms with Crippen LogP contribution in [0.2, 0.25) is 0 Å². The molecule has 0 aromatic carbocycles. The molecule has 29 heavy (non-hydrogen) atoms. The van der Waals surface area contributed by atoms with Crippen molar-refractivity contribution in [2.45, 2.75) is 110 Å². The molecule has 0 saturated carbocycles. The van der Waals surface area contributed by atoms with Crippen LogP contribution >= 0.6 is 11.6 Å². The number of nitrogens with zero attached hydrogens (tertiary/aromatic N) is 1. The number of halogens is 1. The number of hydrogen-bond donors (Lipinski definition) is 3. The van der Waals surface area contributed by atoms with Gasteiger partial charge in [-0.25, -0.2) is 0 Å². The Morgan fingerprint density at radius 2 is 0.759 bits per heavy atom. The number of hydrogen-bond acceptors (Lipinski definition) is 4. The van der Waals surface area contributed by atoms with E-state index in [-0.39, 0.29) is 19.8 Å². The van der Waals surface area contributed by atoms with Crippen molar-refractivity contribution in [3.05, 3.63) is 0 Å². The van der Waals surface area contributed by atoms with Crippen LogP contribution in [0.5, 0.6) is 0 Å². The lowest BCUT2D eigenvalue weighted by molar-refractivity contribution is 0.136. The molecule has 0 fully saturated rings. The molecule has 0 atom stereocenters. The molecule has 0 aromatic rings. The highest BCUT2D eigenvalue weighted by molar-refractivity contribution is 6.17. The normalized spacial score (nSPS) is 11.0. The van der Waals surface area contributed by atoms with Gasteiger partial charge >= 0.3 is 0 Å². The maximum absolute atomic E-state index is 8.48. The third-order valence-corrected chi connectivity index (χ3v) is 5.50. The quantitative estimate of drug-likeness (QED) is 0.149. The Hall–Kier alpha value is 0.130. The zero-order valence-electron chi connectivity index (χ0n) is 19.4. The minimum Gasteiger partial charge on any atom is -0.395 e. The highest BCUT2D eigenvalue weighted by Gasteiger charge is 2.00. The molecule has 0 saturated heterocycles. The average molecular weight is 438 g/mol. The number of rotatable bonds is 22. The number of aliphatic hydroxyl groups is 3. The molecule has 0 bridgehead atoms. The van der Waals surface area contributed by atoms with E-state index < -0.39 is 0 Å². The van der Waals surface area contributed by atoms with Gasteiger partial charge in [-0.3, -0.25) is 4.90 Å². The minimum absolute atomic E-state index is 0.0694. The molecule has 0 radical (unpaired) electrons. The summed E-state index contributed by atoms with van der Waals surface area (Å²) in [5.41, 5.74) is 0. The minimum atomic E-state index is 0.0694. The van der Waals surface area contributed by atoms with Gasteiger partial charge in [-0.1, -0.05) is 103 Å². The van der Waals surface area contributed by atoms with Crippen LogP contribution in [0.15, 0.2) is 0 Å². The van der Waals surface area contributed by atoms with Crippen LogP contribution in [0.3, 0.4) is 0 Å². The Morgan fingerprint density at radius 3 is 1.00 bits per heavy atom. The smallest absolute Gasteiger partial charge is 0.0558 e. The van der Waals surface area contributed by atoms with Gasteiger partial charge in [0.05, 0.1) is 19.8 Å². The molecule has 3 N–H and O–H groups in total. The van der Waals surface area contributed by atoms with Gasteiger partial charge in [0.25, 0.3) is 0 Å². The molecule has 0 amide bonds. The van der Waals surface area contributed by atoms with Crippen LogP contribution in [-0.2, 0) is 0 Å². The van der Waals surface area contributed by atoms with Gasteiger partial charge in [0.1, 0.15) is 0 Å². The van der Waals surface area contributed by atoms with E-state index in [0.717, 1.165) is 5.88 Å². The maximum atomic E-state index is 8.48. The first-order valence-electron chi connectivity index (χ1n) is 12.4. The third-order valence-electron chi connectivity index (χ3n) is 5.24. The molecule has 0 aromatic heterocycles. The summed E-state index contributed by atoms with van der Waals surface area (Å²) in [5.74, 6) is 0.846. The molecule has 0 spiro atoms. The van der Waals surface area contributed by atoms with Crippen LogP contribution in [0.25, 0.3) is 0 Å². The topological polar surface area (TPSA) is 63.9 Å². The summed E-state index contributed by atoms with van der Waals surface area (Å²) in [6.45, 7) is 4.04. The predicted octanol–water partition coefficient (Wildman–Crippen LogP) is 5.75. The van der Waals surface area contributed by atoms with E-state index in [4.69, 9.17) is 26.9 Å². The lowest BCUT2D eigenvalue weighted by atomic mass is 10.0. The molecule has 0 aliphatic rings. The largest absolute Gasteiger partial charge is 0.395 e. The van der Waals surface area contributed by atoms with Crippen molar-refractivity contribution in [2.75, 3.05) is 45.3 Å². The summed E-state index contributed by atoms with van der Waals surface area (Å²) in [6, 6.07) is 0. The van der Waals surface area contributed by atoms with E-state index in [1.807, 2.05) is 0 Å². The zero-order chi connectivity index (χ0) is 21.8. The van der Waals surface area contributed by atoms with Gasteiger partial charge in [-0.15, -0.1) is 11.6 Å². The van der Waals surface area contributed by atoms with E-state index in [1.54, 1.807) is 4.90 Å². The molecule has 0 aliphatic heterocycles. The summed E-state index contributed by atoms with van der Waals surface area (Å²) in [7, 11) is 0. The van der Waals surface area contributed by atoms with Crippen molar-refractivity contribution >= 4 is 11.6 Å². The van der Waals surface area contributed by atoms with Crippen molar-refractivity contribution in [2.24, 2.45) is 0 Å². The molecule has 0 rings (SSSR count). The number of unbranched alkanes of at least 4 members (excludes halogenated alkanes) is 15. The zero-order valence-corrected chi connectivity index (χ0v) is 20.2. The summed E-state index contributed by atoms with van der Waals surface area (Å²) in [4.78, 5) is 1.79. The second-order valence-electron chi connectivity index (χ2n) is 8.00. The van der Waals surface area contributed by atoms with Crippen LogP contribution < -0.4 is 0 Å². The first-order chi connectivity index (χ1) is 14.3. The van der Waals surface area contributed by atoms with Crippen LogP contribution in [0.4, 0.5) is 0 Å². The standard InChI is InChI=1S/C18H37Cl.C6H15NO3/c1-2-3-4-5-6-7-8-9-10-11-12-13-14-15-16-17-18-19;8-4-1-7(2-5-9)3-6-10/h2-18H2,1H3;8-10H,1-6H2. The number of alkyl halides is 1. The average Bonchev–Trinajstić information content (AvgIpc) is 2.72. The second kappa shape index (κ2) is 30.3. The lowest BCUT2D eigenvalue weighted by Gasteiger charge is -2.17. The van der Waals surface area contributed by atoms with Crippen molar-refractivity contribution in [3.63, 3.8) is 0 Å². The van der Waals surface area contributed by atoms with Crippen molar-refractivity contribution < 1.29 is 15.3 Å². The van der Waals surface area contributed by atoms with E-state index in [2.05, 4.69) is 6.92 Å². The van der Waals surface area contributed by atoms with E-state index in [1.165, 1.54) is 103 Å². The Kier molecular flexibility index (Phi) is 32.7. The molecule has 0 unspecified atom stereocenters. The maximum Gasteiger partial charge on any atom is 0.0558 e. The molecule has 5 heteroatoms. The fourth-order valence-corrected chi connectivity index (χ4v) is 3.59. The van der Waals surface area contributed by atoms with Crippen LogP contribution in [0.1, 0.15) is 110 Å². The third kappa shape index (κ3) is 30.4. The van der Waals surface area contributed by atoms with Gasteiger partial charge in [0, 0.05) is 25.5 Å². The monoisotopic (exact) mass is 437 g/mol. The second-order valence-corrected chi connectivity index (χ2v) is 8.38. The highest BCUT2D eigenvalue weighted by Crippen LogP contribution is 2.13. The first kappa shape index (κ1) is 31.3. The molecule has 4 nitrogen and oxygen atoms in total. The molecular weight excluding hydrogens is 386 g/mol. The van der Waals surface area contributed by atoms with E-state index in [0.29, 0.717) is 19.6 Å². The summed E-state index contributed by atoms with van der Waals surface area (Å²) in [5, 5.41) is 25.5. The molecular formula is C24H52ClNO3. The Bertz CT molecular complexity index is 240. The first-order valence-corrected chi connectivity index (χ1v) is 12.9. The van der Waals surface area contributed by atoms with Crippen LogP contribution in [-0.4, -0.2) is 65.6 Å². The highest BCUT2D eigenvalue weighted by atomic mass is 35.5. The van der Waals surface area contributed by atoms with Gasteiger partial charge < -0.3 is 15.3 Å². The van der Waals surface area contributed by atoms with Gasteiger partial charge in [-0.2, -0.15) is 0 Å². The van der Waals surface area contributed by atoms with Crippen molar-refractivity contribution in [1.82, 2.24) is 4.90 Å². The Labute approximate surface area is 187 Å². The predicted molar refractivity (Wildman–Crippen MR) is 128 cm³/mol. The van der Waals surface area contributed by atoms with Gasteiger partial charge in [-0.05, 0) is 6.42 Å². The van der Waals surface area contributed by atoms with Crippen LogP contribution in [0, 0.1) is 0 Å².